The third-order valence-corrected chi connectivity index (χ3v) is 3.71. The normalized spacial score (nSPS) is 11.3. The first-order valence-corrected chi connectivity index (χ1v) is 7.61. The molecule has 0 saturated heterocycles. The van der Waals surface area contributed by atoms with Crippen LogP contribution in [0.2, 0.25) is 0 Å². The average Bonchev–Trinajstić information content (AvgIpc) is 2.89. The van der Waals surface area contributed by atoms with Crippen molar-refractivity contribution in [3.63, 3.8) is 0 Å². The Hall–Kier alpha value is -3.09. The number of allylic oxidation sites excluding steroid dienone is 1. The number of nitrogens with two attached hydrogens (primary N) is 1. The average molecular weight is 321 g/mol. The predicted molar refractivity (Wildman–Crippen MR) is 92.5 cm³/mol. The first kappa shape index (κ1) is 17.3. The fraction of sp³-hybridized carbons (Fsp3) is 0.278. The lowest BCUT2D eigenvalue weighted by atomic mass is 10.0. The molecule has 3 N–H and O–H groups in total. The fourth-order valence-corrected chi connectivity index (χ4v) is 2.34. The maximum atomic E-state index is 9.47. The summed E-state index contributed by atoms with van der Waals surface area (Å²) in [5.41, 5.74) is 8.56. The number of hydrogen-bond acceptors (Lipinski definition) is 5. The highest BCUT2D eigenvalue weighted by Crippen LogP contribution is 2.25. The van der Waals surface area contributed by atoms with Gasteiger partial charge in [-0.15, -0.1) is 0 Å². The number of anilines is 1. The van der Waals surface area contributed by atoms with Crippen molar-refractivity contribution < 1.29 is 5.11 Å². The van der Waals surface area contributed by atoms with Gasteiger partial charge in [0, 0.05) is 0 Å². The second kappa shape index (κ2) is 7.45. The van der Waals surface area contributed by atoms with Crippen molar-refractivity contribution >= 4 is 17.5 Å². The minimum atomic E-state index is -0.154. The van der Waals surface area contributed by atoms with Crippen LogP contribution in [0.5, 0.6) is 0 Å². The van der Waals surface area contributed by atoms with Crippen LogP contribution in [0.25, 0.3) is 11.6 Å². The van der Waals surface area contributed by atoms with Crippen molar-refractivity contribution in [1.29, 1.82) is 10.5 Å². The number of aliphatic hydroxyl groups excluding tert-OH is 1. The van der Waals surface area contributed by atoms with E-state index in [1.807, 2.05) is 30.3 Å². The van der Waals surface area contributed by atoms with Crippen LogP contribution >= 0.6 is 0 Å². The standard InChI is InChI=1S/C18H19N5O/c1-12(2)14-5-3-13(4-6-14)9-15(10-19)17-16(11-20)18(21)23(22-17)7-8-24/h3-6,9,12,24H,7-8,21H2,1-2H3/b15-9+. The quantitative estimate of drug-likeness (QED) is 0.822. The molecule has 0 radical (unpaired) electrons. The number of rotatable bonds is 5. The van der Waals surface area contributed by atoms with Crippen molar-refractivity contribution in [2.75, 3.05) is 12.3 Å². The monoisotopic (exact) mass is 321 g/mol. The van der Waals surface area contributed by atoms with Gasteiger partial charge < -0.3 is 10.8 Å². The smallest absolute Gasteiger partial charge is 0.140 e. The van der Waals surface area contributed by atoms with E-state index in [-0.39, 0.29) is 35.8 Å². The fourth-order valence-electron chi connectivity index (χ4n) is 2.34. The van der Waals surface area contributed by atoms with Crippen LogP contribution in [0.15, 0.2) is 24.3 Å². The number of nitriles is 2. The molecule has 0 saturated carbocycles. The van der Waals surface area contributed by atoms with Gasteiger partial charge in [-0.25, -0.2) is 4.68 Å². The van der Waals surface area contributed by atoms with Gasteiger partial charge in [0.15, 0.2) is 0 Å². The van der Waals surface area contributed by atoms with E-state index >= 15 is 0 Å². The summed E-state index contributed by atoms with van der Waals surface area (Å²) in [6.07, 6.45) is 1.68. The van der Waals surface area contributed by atoms with Crippen molar-refractivity contribution in [2.24, 2.45) is 0 Å². The van der Waals surface area contributed by atoms with E-state index in [1.165, 1.54) is 10.2 Å². The molecule has 0 unspecified atom stereocenters. The van der Waals surface area contributed by atoms with E-state index in [2.05, 4.69) is 25.0 Å². The highest BCUT2D eigenvalue weighted by atomic mass is 16.3. The first-order chi connectivity index (χ1) is 11.5. The summed E-state index contributed by atoms with van der Waals surface area (Å²) in [5.74, 6) is 0.579. The van der Waals surface area contributed by atoms with Crippen LogP contribution in [-0.4, -0.2) is 21.5 Å². The molecule has 6 nitrogen and oxygen atoms in total. The molecule has 1 aromatic carbocycles. The van der Waals surface area contributed by atoms with Crippen LogP contribution in [0.1, 0.15) is 42.1 Å². The summed E-state index contributed by atoms with van der Waals surface area (Å²) in [5, 5.41) is 32.0. The van der Waals surface area contributed by atoms with E-state index in [4.69, 9.17) is 10.8 Å². The van der Waals surface area contributed by atoms with E-state index in [1.54, 1.807) is 6.08 Å². The molecule has 6 heteroatoms. The largest absolute Gasteiger partial charge is 0.394 e. The van der Waals surface area contributed by atoms with Gasteiger partial charge in [-0.1, -0.05) is 38.1 Å². The Bertz CT molecular complexity index is 832. The number of nitrogens with zero attached hydrogens (tertiary/aromatic N) is 4. The van der Waals surface area contributed by atoms with Crippen molar-refractivity contribution in [1.82, 2.24) is 9.78 Å². The van der Waals surface area contributed by atoms with Crippen molar-refractivity contribution in [2.45, 2.75) is 26.3 Å². The highest BCUT2D eigenvalue weighted by Gasteiger charge is 2.18. The van der Waals surface area contributed by atoms with Crippen LogP contribution in [0.4, 0.5) is 5.82 Å². The zero-order valence-electron chi connectivity index (χ0n) is 13.7. The van der Waals surface area contributed by atoms with Gasteiger partial charge in [-0.2, -0.15) is 15.6 Å². The van der Waals surface area contributed by atoms with Gasteiger partial charge >= 0.3 is 0 Å². The molecule has 0 aliphatic rings. The molecule has 0 amide bonds. The molecule has 0 aliphatic carbocycles. The van der Waals surface area contributed by atoms with Gasteiger partial charge in [0.25, 0.3) is 0 Å². The summed E-state index contributed by atoms with van der Waals surface area (Å²) in [7, 11) is 0. The van der Waals surface area contributed by atoms with Gasteiger partial charge in [-0.05, 0) is 23.1 Å². The Labute approximate surface area is 141 Å². The predicted octanol–water partition coefficient (Wildman–Crippen LogP) is 2.52. The maximum Gasteiger partial charge on any atom is 0.140 e. The summed E-state index contributed by atoms with van der Waals surface area (Å²) < 4.78 is 1.33. The number of nitrogen functional groups attached to an aromatic ring is 1. The lowest BCUT2D eigenvalue weighted by Gasteiger charge is -2.05. The summed E-state index contributed by atoms with van der Waals surface area (Å²) in [6, 6.07) is 11.9. The second-order valence-electron chi connectivity index (χ2n) is 5.66. The van der Waals surface area contributed by atoms with Crippen LogP contribution in [0, 0.1) is 22.7 Å². The molecule has 1 heterocycles. The lowest BCUT2D eigenvalue weighted by Crippen LogP contribution is -2.07. The second-order valence-corrected chi connectivity index (χ2v) is 5.66. The topological polar surface area (TPSA) is 112 Å². The molecule has 0 spiro atoms. The van der Waals surface area contributed by atoms with Gasteiger partial charge in [0.2, 0.25) is 0 Å². The van der Waals surface area contributed by atoms with E-state index < -0.39 is 0 Å². The first-order valence-electron chi connectivity index (χ1n) is 7.61. The molecule has 0 aliphatic heterocycles. The van der Waals surface area contributed by atoms with Crippen molar-refractivity contribution in [3.8, 4) is 12.1 Å². The minimum absolute atomic E-state index is 0.148. The molecule has 0 bridgehead atoms. The van der Waals surface area contributed by atoms with Crippen LogP contribution < -0.4 is 5.73 Å². The SMILES string of the molecule is CC(C)c1ccc(/C=C(\C#N)c2nn(CCO)c(N)c2C#N)cc1. The minimum Gasteiger partial charge on any atom is -0.394 e. The molecule has 0 atom stereocenters. The third kappa shape index (κ3) is 3.45. The Morgan fingerprint density at radius 2 is 2.00 bits per heavy atom. The maximum absolute atomic E-state index is 9.47. The molecule has 24 heavy (non-hydrogen) atoms. The summed E-state index contributed by atoms with van der Waals surface area (Å²) in [6.45, 7) is 4.24. The number of aromatic nitrogens is 2. The number of hydrogen-bond donors (Lipinski definition) is 2. The van der Waals surface area contributed by atoms with Gasteiger partial charge in [0.1, 0.15) is 29.2 Å². The number of benzene rings is 1. The van der Waals surface area contributed by atoms with Gasteiger partial charge in [-0.3, -0.25) is 0 Å². The van der Waals surface area contributed by atoms with E-state index in [0.717, 1.165) is 5.56 Å². The Balaban J connectivity index is 2.47. The number of aliphatic hydroxyl groups is 1. The molecule has 122 valence electrons. The molecule has 2 rings (SSSR count). The van der Waals surface area contributed by atoms with Crippen LogP contribution in [0.3, 0.4) is 0 Å². The lowest BCUT2D eigenvalue weighted by molar-refractivity contribution is 0.270. The summed E-state index contributed by atoms with van der Waals surface area (Å²) >= 11 is 0. The highest BCUT2D eigenvalue weighted by molar-refractivity contribution is 5.91. The van der Waals surface area contributed by atoms with Crippen molar-refractivity contribution in [3.05, 3.63) is 46.6 Å². The third-order valence-electron chi connectivity index (χ3n) is 3.71. The molecule has 2 aromatic rings. The Morgan fingerprint density at radius 1 is 1.33 bits per heavy atom. The van der Waals surface area contributed by atoms with E-state index in [0.29, 0.717) is 5.92 Å². The molecule has 1 aromatic heterocycles. The molecular weight excluding hydrogens is 302 g/mol. The molecule has 0 fully saturated rings. The van der Waals surface area contributed by atoms with E-state index in [9.17, 15) is 10.5 Å². The summed E-state index contributed by atoms with van der Waals surface area (Å²) in [4.78, 5) is 0. The zero-order valence-corrected chi connectivity index (χ0v) is 13.7. The van der Waals surface area contributed by atoms with Gasteiger partial charge in [0.05, 0.1) is 18.7 Å². The zero-order chi connectivity index (χ0) is 17.7. The van der Waals surface area contributed by atoms with Crippen LogP contribution in [-0.2, 0) is 6.54 Å². The molecular formula is C18H19N5O. The Kier molecular flexibility index (Phi) is 5.36. The Morgan fingerprint density at radius 3 is 2.50 bits per heavy atom.